The van der Waals surface area contributed by atoms with Gasteiger partial charge in [-0.05, 0) is 22.1 Å². The molecule has 1 radical (unpaired) electrons. The third kappa shape index (κ3) is 37.6. The van der Waals surface area contributed by atoms with Crippen LogP contribution in [0.15, 0.2) is 9.98 Å². The smallest absolute Gasteiger partial charge is 0.409 e. The van der Waals surface area contributed by atoms with Crippen LogP contribution in [0.25, 0.3) is 0 Å². The molecule has 0 rings (SSSR count). The Bertz CT molecular complexity index is 140. The van der Waals surface area contributed by atoms with Gasteiger partial charge in [0, 0.05) is 0 Å². The molecule has 0 fully saturated rings. The molecule has 0 saturated heterocycles. The molecule has 0 aliphatic rings. The summed E-state index contributed by atoms with van der Waals surface area (Å²) in [4.78, 5) is 6.37. The molecule has 0 atom stereocenters. The molecule has 61 valence electrons. The first kappa shape index (κ1) is 17.5. The van der Waals surface area contributed by atoms with Gasteiger partial charge in [-0.2, -0.15) is 0 Å². The van der Waals surface area contributed by atoms with Gasteiger partial charge in [-0.3, -0.25) is 9.98 Å². The van der Waals surface area contributed by atoms with Crippen LogP contribution in [0, 0.1) is 0 Å². The quantitative estimate of drug-likeness (QED) is 0.282. The Morgan fingerprint density at radius 1 is 1.00 bits per heavy atom. The van der Waals surface area contributed by atoms with Crippen LogP contribution in [0.1, 0.15) is 0 Å². The molecule has 0 aromatic carbocycles. The third-order valence-corrected chi connectivity index (χ3v) is 0.775. The van der Waals surface area contributed by atoms with Crippen LogP contribution in [-0.4, -0.2) is 22.1 Å². The minimum absolute atomic E-state index is 0. The molecule has 0 spiro atoms. The van der Waals surface area contributed by atoms with Gasteiger partial charge in [-0.15, -0.1) is 0 Å². The van der Waals surface area contributed by atoms with Crippen molar-refractivity contribution in [2.24, 2.45) is 9.98 Å². The van der Waals surface area contributed by atoms with Gasteiger partial charge in [-0.25, -0.2) is 0 Å². The molecule has 7 heteroatoms. The molecule has 0 bridgehead atoms. The summed E-state index contributed by atoms with van der Waals surface area (Å²) in [5.41, 5.74) is 0. The maximum atomic E-state index is 4.28. The molecular formula is C4H4MnN2S4. The first-order chi connectivity index (χ1) is 4.54. The summed E-state index contributed by atoms with van der Waals surface area (Å²) in [5.74, 6) is 0. The van der Waals surface area contributed by atoms with Gasteiger partial charge >= 0.3 is 17.1 Å². The first-order valence-electron chi connectivity index (χ1n) is 1.90. The van der Waals surface area contributed by atoms with E-state index in [4.69, 9.17) is 0 Å². The molecule has 0 N–H and O–H groups in total. The predicted molar refractivity (Wildman–Crippen MR) is 59.0 cm³/mol. The zero-order valence-electron chi connectivity index (χ0n) is 5.32. The van der Waals surface area contributed by atoms with E-state index >= 15 is 0 Å². The van der Waals surface area contributed by atoms with Crippen molar-refractivity contribution in [3.8, 4) is 0 Å². The van der Waals surface area contributed by atoms with Gasteiger partial charge in [0.05, 0.1) is 0 Å². The average Bonchev–Trinajstić information content (AvgIpc) is 1.89. The molecule has 0 heterocycles. The summed E-state index contributed by atoms with van der Waals surface area (Å²) < 4.78 is 0.370. The summed E-state index contributed by atoms with van der Waals surface area (Å²) in [6, 6.07) is 0. The number of nitrogens with zero attached hydrogens (tertiary/aromatic N) is 2. The van der Waals surface area contributed by atoms with Crippen molar-refractivity contribution in [1.82, 2.24) is 0 Å². The molecule has 11 heavy (non-hydrogen) atoms. The third-order valence-electron chi connectivity index (χ3n) is 0.258. The van der Waals surface area contributed by atoms with Gasteiger partial charge in [0.15, 0.2) is 0 Å². The standard InChI is InChI=1S/2C2H3NS2.Mn/c2*1-3-2(4)5;/h2*1H2,(H,4,5);/q;;+2/p-2. The summed E-state index contributed by atoms with van der Waals surface area (Å²) in [7, 11) is 0. The van der Waals surface area contributed by atoms with Gasteiger partial charge in [0.2, 0.25) is 0 Å². The average molecular weight is 263 g/mol. The number of rotatable bonds is 0. The van der Waals surface area contributed by atoms with E-state index in [0.717, 1.165) is 0 Å². The minimum Gasteiger partial charge on any atom is -0.409 e. The zero-order valence-corrected chi connectivity index (χ0v) is 9.77. The molecule has 0 aliphatic carbocycles. The fourth-order valence-electron chi connectivity index (χ4n) is 0. The fourth-order valence-corrected chi connectivity index (χ4v) is 0. The van der Waals surface area contributed by atoms with Crippen LogP contribution in [0.5, 0.6) is 0 Å². The van der Waals surface area contributed by atoms with Gasteiger partial charge in [0.25, 0.3) is 0 Å². The topological polar surface area (TPSA) is 24.7 Å². The zero-order chi connectivity index (χ0) is 8.57. The van der Waals surface area contributed by atoms with Crippen molar-refractivity contribution in [3.63, 3.8) is 0 Å². The SMILES string of the molecule is C=NC(=S)[S-].C=NC(=S)[S-].[Mn+2]. The van der Waals surface area contributed by atoms with Crippen LogP contribution in [0.4, 0.5) is 0 Å². The minimum atomic E-state index is 0. The van der Waals surface area contributed by atoms with Crippen molar-refractivity contribution in [3.05, 3.63) is 0 Å². The van der Waals surface area contributed by atoms with Crippen LogP contribution < -0.4 is 0 Å². The maximum absolute atomic E-state index is 4.28. The van der Waals surface area contributed by atoms with E-state index in [1.807, 2.05) is 0 Å². The van der Waals surface area contributed by atoms with Crippen molar-refractivity contribution in [2.45, 2.75) is 0 Å². The van der Waals surface area contributed by atoms with E-state index in [0.29, 0.717) is 0 Å². The van der Waals surface area contributed by atoms with Crippen molar-refractivity contribution in [1.29, 1.82) is 0 Å². The largest absolute Gasteiger partial charge is 2.00 e. The van der Waals surface area contributed by atoms with E-state index in [2.05, 4.69) is 73.1 Å². The second kappa shape index (κ2) is 13.1. The number of hydrogen-bond donors (Lipinski definition) is 0. The summed E-state index contributed by atoms with van der Waals surface area (Å²) in [5, 5.41) is 0. The van der Waals surface area contributed by atoms with Gasteiger partial charge < -0.3 is 49.7 Å². The van der Waals surface area contributed by atoms with Gasteiger partial charge in [0.1, 0.15) is 0 Å². The molecule has 0 unspecified atom stereocenters. The number of thiocarbonyl (C=S) groups is 2. The van der Waals surface area contributed by atoms with E-state index < -0.39 is 0 Å². The first-order valence-corrected chi connectivity index (χ1v) is 3.53. The van der Waals surface area contributed by atoms with Crippen LogP contribution in [-0.2, 0) is 42.3 Å². The fraction of sp³-hybridized carbons (Fsp3) is 0. The van der Waals surface area contributed by atoms with E-state index in [9.17, 15) is 0 Å². The van der Waals surface area contributed by atoms with Crippen LogP contribution in [0.3, 0.4) is 0 Å². The van der Waals surface area contributed by atoms with Gasteiger partial charge in [-0.1, -0.05) is 0 Å². The second-order valence-corrected chi connectivity index (χ2v) is 2.91. The Morgan fingerprint density at radius 3 is 1.09 bits per heavy atom. The van der Waals surface area contributed by atoms with E-state index in [-0.39, 0.29) is 25.7 Å². The maximum Gasteiger partial charge on any atom is 2.00 e. The molecule has 0 aromatic rings. The summed E-state index contributed by atoms with van der Waals surface area (Å²) >= 11 is 17.1. The van der Waals surface area contributed by atoms with E-state index in [1.54, 1.807) is 0 Å². The molecule has 0 amide bonds. The second-order valence-electron chi connectivity index (χ2n) is 0.848. The normalized spacial score (nSPS) is 5.82. The number of aliphatic imine (C=N–C) groups is 2. The van der Waals surface area contributed by atoms with E-state index in [1.165, 1.54) is 0 Å². The molecule has 0 aromatic heterocycles. The summed E-state index contributed by atoms with van der Waals surface area (Å²) in [6.45, 7) is 6.13. The Kier molecular flexibility index (Phi) is 20.9. The van der Waals surface area contributed by atoms with Crippen molar-refractivity contribution < 1.29 is 17.1 Å². The predicted octanol–water partition coefficient (Wildman–Crippen LogP) is 1.04. The Balaban J connectivity index is -0.000000107. The molecule has 2 nitrogen and oxygen atoms in total. The summed E-state index contributed by atoms with van der Waals surface area (Å²) in [6.07, 6.45) is 0. The molecular weight excluding hydrogens is 259 g/mol. The number of hydrogen-bond acceptors (Lipinski definition) is 4. The Hall–Kier alpha value is 0.479. The Labute approximate surface area is 98.3 Å². The van der Waals surface area contributed by atoms with Crippen molar-refractivity contribution in [2.75, 3.05) is 0 Å². The van der Waals surface area contributed by atoms with Crippen molar-refractivity contribution >= 4 is 71.8 Å². The van der Waals surface area contributed by atoms with Crippen LogP contribution >= 0.6 is 24.4 Å². The van der Waals surface area contributed by atoms with Crippen LogP contribution in [0.2, 0.25) is 0 Å². The molecule has 0 aliphatic heterocycles. The molecule has 0 saturated carbocycles. The Morgan fingerprint density at radius 2 is 1.09 bits per heavy atom. The monoisotopic (exact) mass is 263 g/mol.